The van der Waals surface area contributed by atoms with Crippen molar-refractivity contribution < 1.29 is 9.21 Å². The summed E-state index contributed by atoms with van der Waals surface area (Å²) in [6, 6.07) is 7.76. The van der Waals surface area contributed by atoms with Gasteiger partial charge in [-0.15, -0.1) is 0 Å². The normalized spacial score (nSPS) is 15.2. The molecule has 4 rings (SSSR count). The number of furan rings is 1. The number of fused-ring (bicyclic) bond motifs is 1. The van der Waals surface area contributed by atoms with Crippen LogP contribution in [0.4, 0.5) is 5.95 Å². The van der Waals surface area contributed by atoms with Crippen molar-refractivity contribution in [3.63, 3.8) is 0 Å². The Labute approximate surface area is 140 Å². The van der Waals surface area contributed by atoms with E-state index in [0.717, 1.165) is 41.3 Å². The Hall–Kier alpha value is -2.76. The minimum Gasteiger partial charge on any atom is -0.460 e. The second-order valence-electron chi connectivity index (χ2n) is 5.94. The van der Waals surface area contributed by atoms with Crippen LogP contribution in [0.2, 0.25) is 0 Å². The first-order chi connectivity index (χ1) is 11.8. The number of nitrogens with zero attached hydrogens (tertiary/aromatic N) is 3. The van der Waals surface area contributed by atoms with Crippen LogP contribution in [0.25, 0.3) is 11.0 Å². The fraction of sp³-hybridized carbons (Fsp3) is 0.333. The van der Waals surface area contributed by atoms with Crippen LogP contribution >= 0.6 is 0 Å². The first kappa shape index (κ1) is 14.8. The Morgan fingerprint density at radius 3 is 2.75 bits per heavy atom. The minimum atomic E-state index is 0.0656. The van der Waals surface area contributed by atoms with Gasteiger partial charge in [0.15, 0.2) is 0 Å². The van der Waals surface area contributed by atoms with Crippen LogP contribution in [0, 0.1) is 0 Å². The summed E-state index contributed by atoms with van der Waals surface area (Å²) in [4.78, 5) is 24.5. The van der Waals surface area contributed by atoms with Gasteiger partial charge in [0.2, 0.25) is 5.95 Å². The van der Waals surface area contributed by atoms with Crippen LogP contribution < -0.4 is 4.90 Å². The zero-order chi connectivity index (χ0) is 16.5. The number of carbonyl (C=O) groups is 1. The van der Waals surface area contributed by atoms with Gasteiger partial charge in [-0.2, -0.15) is 0 Å². The zero-order valence-electron chi connectivity index (χ0n) is 13.7. The average molecular weight is 324 g/mol. The number of H-pyrrole nitrogens is 1. The topological polar surface area (TPSA) is 65.4 Å². The Kier molecular flexibility index (Phi) is 3.72. The SMILES string of the molecule is CCc1oc2ccccc2c1C(=O)N1CCN(c2ncc[nH]2)CC1. The summed E-state index contributed by atoms with van der Waals surface area (Å²) in [6.45, 7) is 4.93. The van der Waals surface area contributed by atoms with Gasteiger partial charge in [-0.05, 0) is 6.07 Å². The number of aromatic amines is 1. The summed E-state index contributed by atoms with van der Waals surface area (Å²) in [6.07, 6.45) is 4.28. The highest BCUT2D eigenvalue weighted by Crippen LogP contribution is 2.28. The molecular formula is C18H20N4O2. The molecule has 1 aliphatic rings. The summed E-state index contributed by atoms with van der Waals surface area (Å²) in [5.41, 5.74) is 1.51. The van der Waals surface area contributed by atoms with E-state index in [0.29, 0.717) is 19.5 Å². The highest BCUT2D eigenvalue weighted by atomic mass is 16.3. The van der Waals surface area contributed by atoms with Gasteiger partial charge >= 0.3 is 0 Å². The predicted molar refractivity (Wildman–Crippen MR) is 92.3 cm³/mol. The van der Waals surface area contributed by atoms with Crippen molar-refractivity contribution in [1.82, 2.24) is 14.9 Å². The van der Waals surface area contributed by atoms with E-state index in [1.54, 1.807) is 6.20 Å². The lowest BCUT2D eigenvalue weighted by molar-refractivity contribution is 0.0745. The highest BCUT2D eigenvalue weighted by Gasteiger charge is 2.27. The molecule has 2 aromatic heterocycles. The number of rotatable bonds is 3. The third-order valence-corrected chi connectivity index (χ3v) is 4.55. The number of imidazole rings is 1. The predicted octanol–water partition coefficient (Wildman–Crippen LogP) is 2.68. The minimum absolute atomic E-state index is 0.0656. The van der Waals surface area contributed by atoms with Crippen molar-refractivity contribution in [1.29, 1.82) is 0 Å². The van der Waals surface area contributed by atoms with Crippen LogP contribution in [0.3, 0.4) is 0 Å². The summed E-state index contributed by atoms with van der Waals surface area (Å²) >= 11 is 0. The van der Waals surface area contributed by atoms with Crippen molar-refractivity contribution in [3.05, 3.63) is 48.0 Å². The van der Waals surface area contributed by atoms with Gasteiger partial charge in [-0.1, -0.05) is 25.1 Å². The van der Waals surface area contributed by atoms with Crippen molar-refractivity contribution in [2.45, 2.75) is 13.3 Å². The molecule has 6 nitrogen and oxygen atoms in total. The molecule has 3 aromatic rings. The number of para-hydroxylation sites is 1. The van der Waals surface area contributed by atoms with E-state index < -0.39 is 0 Å². The second-order valence-corrected chi connectivity index (χ2v) is 5.94. The van der Waals surface area contributed by atoms with E-state index >= 15 is 0 Å². The Bertz CT molecular complexity index is 845. The Morgan fingerprint density at radius 1 is 1.25 bits per heavy atom. The molecule has 24 heavy (non-hydrogen) atoms. The monoisotopic (exact) mass is 324 g/mol. The van der Waals surface area contributed by atoms with E-state index in [1.807, 2.05) is 42.3 Å². The van der Waals surface area contributed by atoms with Crippen molar-refractivity contribution in [2.24, 2.45) is 0 Å². The quantitative estimate of drug-likeness (QED) is 0.804. The van der Waals surface area contributed by atoms with Gasteiger partial charge in [-0.3, -0.25) is 4.79 Å². The lowest BCUT2D eigenvalue weighted by Crippen LogP contribution is -2.49. The number of carbonyl (C=O) groups excluding carboxylic acids is 1. The third kappa shape index (κ3) is 2.44. The lowest BCUT2D eigenvalue weighted by atomic mass is 10.1. The Morgan fingerprint density at radius 2 is 2.04 bits per heavy atom. The molecule has 0 spiro atoms. The van der Waals surface area contributed by atoms with E-state index in [9.17, 15) is 4.79 Å². The average Bonchev–Trinajstić information content (AvgIpc) is 3.28. The molecule has 0 saturated carbocycles. The number of amides is 1. The molecule has 0 radical (unpaired) electrons. The number of hydrogen-bond donors (Lipinski definition) is 1. The number of hydrogen-bond acceptors (Lipinski definition) is 4. The van der Waals surface area contributed by atoms with Crippen LogP contribution in [-0.4, -0.2) is 47.0 Å². The molecule has 1 saturated heterocycles. The van der Waals surface area contributed by atoms with Gasteiger partial charge in [0.05, 0.1) is 5.56 Å². The summed E-state index contributed by atoms with van der Waals surface area (Å²) < 4.78 is 5.87. The van der Waals surface area contributed by atoms with Crippen molar-refractivity contribution in [2.75, 3.05) is 31.1 Å². The maximum absolute atomic E-state index is 13.1. The molecule has 3 heterocycles. The summed E-state index contributed by atoms with van der Waals surface area (Å²) in [5, 5.41) is 0.910. The molecule has 1 amide bonds. The molecule has 0 aliphatic carbocycles. The number of aryl methyl sites for hydroxylation is 1. The van der Waals surface area contributed by atoms with Gasteiger partial charge in [0, 0.05) is 50.4 Å². The van der Waals surface area contributed by atoms with Gasteiger partial charge in [0.25, 0.3) is 5.91 Å². The smallest absolute Gasteiger partial charge is 0.258 e. The molecule has 1 aromatic carbocycles. The zero-order valence-corrected chi connectivity index (χ0v) is 13.7. The highest BCUT2D eigenvalue weighted by molar-refractivity contribution is 6.07. The molecule has 6 heteroatoms. The maximum Gasteiger partial charge on any atom is 0.258 e. The molecule has 1 N–H and O–H groups in total. The fourth-order valence-corrected chi connectivity index (χ4v) is 3.29. The molecule has 0 bridgehead atoms. The number of anilines is 1. The lowest BCUT2D eigenvalue weighted by Gasteiger charge is -2.34. The van der Waals surface area contributed by atoms with E-state index in [1.165, 1.54) is 0 Å². The van der Waals surface area contributed by atoms with Crippen LogP contribution in [0.1, 0.15) is 23.0 Å². The fourth-order valence-electron chi connectivity index (χ4n) is 3.29. The van der Waals surface area contributed by atoms with Crippen LogP contribution in [0.5, 0.6) is 0 Å². The number of nitrogens with one attached hydrogen (secondary N) is 1. The summed E-state index contributed by atoms with van der Waals surface area (Å²) in [7, 11) is 0. The first-order valence-electron chi connectivity index (χ1n) is 8.32. The van der Waals surface area contributed by atoms with E-state index in [4.69, 9.17) is 4.42 Å². The largest absolute Gasteiger partial charge is 0.460 e. The van der Waals surface area contributed by atoms with Crippen molar-refractivity contribution in [3.8, 4) is 0 Å². The van der Waals surface area contributed by atoms with Crippen LogP contribution in [0.15, 0.2) is 41.1 Å². The van der Waals surface area contributed by atoms with E-state index in [2.05, 4.69) is 14.9 Å². The maximum atomic E-state index is 13.1. The molecular weight excluding hydrogens is 304 g/mol. The third-order valence-electron chi connectivity index (χ3n) is 4.55. The molecule has 1 fully saturated rings. The van der Waals surface area contributed by atoms with Crippen LogP contribution in [-0.2, 0) is 6.42 Å². The van der Waals surface area contributed by atoms with E-state index in [-0.39, 0.29) is 5.91 Å². The molecule has 0 unspecified atom stereocenters. The molecule has 1 aliphatic heterocycles. The van der Waals surface area contributed by atoms with Gasteiger partial charge < -0.3 is 19.2 Å². The molecule has 124 valence electrons. The number of aromatic nitrogens is 2. The number of piperazine rings is 1. The van der Waals surface area contributed by atoms with Crippen molar-refractivity contribution >= 4 is 22.8 Å². The van der Waals surface area contributed by atoms with Gasteiger partial charge in [-0.25, -0.2) is 4.98 Å². The van der Waals surface area contributed by atoms with Gasteiger partial charge in [0.1, 0.15) is 11.3 Å². The Balaban J connectivity index is 1.57. The second kappa shape index (κ2) is 6.03. The summed E-state index contributed by atoms with van der Waals surface area (Å²) in [5.74, 6) is 1.70. The standard InChI is InChI=1S/C18H20N4O2/c1-2-14-16(13-5-3-4-6-15(13)24-14)17(23)21-9-11-22(12-10-21)18-19-7-8-20-18/h3-8H,2,9-12H2,1H3,(H,19,20). The first-order valence-corrected chi connectivity index (χ1v) is 8.32. The molecule has 0 atom stereocenters. The number of benzene rings is 1.